The zero-order chi connectivity index (χ0) is 11.0. The molecule has 2 aromatic rings. The third-order valence-electron chi connectivity index (χ3n) is 3.35. The second-order valence-corrected chi connectivity index (χ2v) is 5.10. The van der Waals surface area contributed by atoms with Crippen molar-refractivity contribution >= 4 is 27.1 Å². The average Bonchev–Trinajstić information content (AvgIpc) is 2.66. The molecule has 1 aliphatic carbocycles. The molecule has 0 bridgehead atoms. The van der Waals surface area contributed by atoms with Crippen molar-refractivity contribution in [3.05, 3.63) is 23.1 Å². The summed E-state index contributed by atoms with van der Waals surface area (Å²) >= 11 is 3.56. The average molecular weight is 283 g/mol. The molecule has 2 aromatic heterocycles. The summed E-state index contributed by atoms with van der Waals surface area (Å²) in [5.74, 6) is 0. The van der Waals surface area contributed by atoms with Crippen molar-refractivity contribution in [3.8, 4) is 0 Å². The molecule has 0 radical (unpaired) electrons. The van der Waals surface area contributed by atoms with Crippen molar-refractivity contribution in [3.63, 3.8) is 0 Å². The van der Waals surface area contributed by atoms with Gasteiger partial charge in [0.1, 0.15) is 5.52 Å². The summed E-state index contributed by atoms with van der Waals surface area (Å²) in [7, 11) is 0. The topological polar surface area (TPSA) is 30.7 Å². The summed E-state index contributed by atoms with van der Waals surface area (Å²) < 4.78 is 3.18. The first kappa shape index (κ1) is 10.3. The first-order valence-corrected chi connectivity index (χ1v) is 6.64. The summed E-state index contributed by atoms with van der Waals surface area (Å²) in [5, 5.41) is 0. The Balaban J connectivity index is 0.00000108. The van der Waals surface area contributed by atoms with Crippen LogP contribution in [0.5, 0.6) is 0 Å². The normalized spacial score (nSPS) is 18.1. The molecular weight excluding hydrogens is 266 g/mol. The van der Waals surface area contributed by atoms with Crippen LogP contribution in [0.1, 0.15) is 39.6 Å². The number of hydrogen-bond donors (Lipinski definition) is 0. The van der Waals surface area contributed by atoms with E-state index < -0.39 is 0 Å². The number of rotatable bonds is 1. The summed E-state index contributed by atoms with van der Waals surface area (Å²) in [6, 6.07) is 4.53. The maximum Gasteiger partial charge on any atom is 0.179 e. The zero-order valence-corrected chi connectivity index (χ0v) is 10.7. The van der Waals surface area contributed by atoms with Crippen LogP contribution in [-0.4, -0.2) is 14.5 Å². The Hall–Kier alpha value is -0.900. The Bertz CT molecular complexity index is 505. The molecule has 4 heteroatoms. The van der Waals surface area contributed by atoms with Crippen LogP contribution in [0.25, 0.3) is 11.2 Å². The molecule has 0 saturated heterocycles. The third kappa shape index (κ3) is 1.65. The van der Waals surface area contributed by atoms with Crippen LogP contribution in [0.3, 0.4) is 0 Å². The van der Waals surface area contributed by atoms with E-state index in [9.17, 15) is 0 Å². The van der Waals surface area contributed by atoms with E-state index >= 15 is 0 Å². The first-order valence-electron chi connectivity index (χ1n) is 5.85. The van der Waals surface area contributed by atoms with Crippen molar-refractivity contribution in [2.45, 2.75) is 38.1 Å². The zero-order valence-electron chi connectivity index (χ0n) is 9.06. The lowest BCUT2D eigenvalue weighted by molar-refractivity contribution is 0.354. The van der Waals surface area contributed by atoms with E-state index in [0.717, 1.165) is 15.9 Å². The van der Waals surface area contributed by atoms with E-state index in [1.165, 1.54) is 32.1 Å². The number of aromatic nitrogens is 3. The molecule has 0 atom stereocenters. The molecule has 0 aliphatic heterocycles. The molecule has 0 spiro atoms. The van der Waals surface area contributed by atoms with Gasteiger partial charge in [-0.3, -0.25) is 0 Å². The molecule has 3 rings (SSSR count). The van der Waals surface area contributed by atoms with Gasteiger partial charge in [0.25, 0.3) is 0 Å². The summed E-state index contributed by atoms with van der Waals surface area (Å²) in [5.41, 5.74) is 2.00. The molecular formula is C12H16BrN3. The quantitative estimate of drug-likeness (QED) is 0.793. The maximum atomic E-state index is 4.51. The highest BCUT2D eigenvalue weighted by Gasteiger charge is 2.20. The van der Waals surface area contributed by atoms with Gasteiger partial charge in [0.05, 0.1) is 0 Å². The lowest BCUT2D eigenvalue weighted by atomic mass is 9.95. The second-order valence-electron chi connectivity index (χ2n) is 4.39. The van der Waals surface area contributed by atoms with Gasteiger partial charge in [-0.1, -0.05) is 19.3 Å². The van der Waals surface area contributed by atoms with Crippen molar-refractivity contribution in [2.24, 2.45) is 0 Å². The van der Waals surface area contributed by atoms with Gasteiger partial charge in [0, 0.05) is 13.7 Å². The fourth-order valence-corrected chi connectivity index (χ4v) is 3.21. The molecule has 0 aromatic carbocycles. The van der Waals surface area contributed by atoms with E-state index in [1.54, 1.807) is 0 Å². The standard InChI is InChI=1S/C12H14BrN3.H2/c13-12-15-10-7-4-8-14-11(10)16(12)9-5-2-1-3-6-9;/h4,7-9H,1-3,5-6H2;1H/i;1+1. The molecule has 0 N–H and O–H groups in total. The minimum Gasteiger partial charge on any atom is -0.300 e. The number of pyridine rings is 1. The minimum atomic E-state index is 0. The molecule has 0 amide bonds. The monoisotopic (exact) mass is 282 g/mol. The van der Waals surface area contributed by atoms with Crippen LogP contribution in [-0.2, 0) is 0 Å². The second kappa shape index (κ2) is 4.17. The molecule has 1 fully saturated rings. The van der Waals surface area contributed by atoms with Gasteiger partial charge in [-0.25, -0.2) is 9.97 Å². The van der Waals surface area contributed by atoms with E-state index in [4.69, 9.17) is 0 Å². The minimum absolute atomic E-state index is 0. The Morgan fingerprint density at radius 1 is 1.31 bits per heavy atom. The number of halogens is 1. The molecule has 86 valence electrons. The first-order chi connectivity index (χ1) is 7.86. The predicted octanol–water partition coefficient (Wildman–Crippen LogP) is 3.95. The summed E-state index contributed by atoms with van der Waals surface area (Å²) in [6.07, 6.45) is 8.36. The molecule has 3 nitrogen and oxygen atoms in total. The Morgan fingerprint density at radius 2 is 2.12 bits per heavy atom. The van der Waals surface area contributed by atoms with Gasteiger partial charge in [-0.2, -0.15) is 0 Å². The molecule has 16 heavy (non-hydrogen) atoms. The van der Waals surface area contributed by atoms with Gasteiger partial charge < -0.3 is 4.57 Å². The lowest BCUT2D eigenvalue weighted by Gasteiger charge is -2.23. The summed E-state index contributed by atoms with van der Waals surface area (Å²) in [6.45, 7) is 0. The van der Waals surface area contributed by atoms with E-state index in [0.29, 0.717) is 6.04 Å². The van der Waals surface area contributed by atoms with Gasteiger partial charge >= 0.3 is 0 Å². The van der Waals surface area contributed by atoms with Crippen LogP contribution in [0.4, 0.5) is 0 Å². The van der Waals surface area contributed by atoms with Crippen LogP contribution < -0.4 is 0 Å². The Labute approximate surface area is 105 Å². The van der Waals surface area contributed by atoms with Crippen molar-refractivity contribution < 1.29 is 1.43 Å². The Kier molecular flexibility index (Phi) is 2.67. The number of imidazole rings is 1. The largest absolute Gasteiger partial charge is 0.300 e. The van der Waals surface area contributed by atoms with Crippen LogP contribution >= 0.6 is 15.9 Å². The fourth-order valence-electron chi connectivity index (χ4n) is 2.56. The SMILES string of the molecule is Brc1nc2cccnc2n1C1CCCCC1.[2HH]. The maximum absolute atomic E-state index is 4.51. The van der Waals surface area contributed by atoms with Crippen molar-refractivity contribution in [1.29, 1.82) is 0 Å². The van der Waals surface area contributed by atoms with Crippen LogP contribution in [0.2, 0.25) is 0 Å². The predicted molar refractivity (Wildman–Crippen MR) is 69.5 cm³/mol. The molecule has 1 aliphatic rings. The van der Waals surface area contributed by atoms with Crippen LogP contribution in [0.15, 0.2) is 23.1 Å². The molecule has 0 unspecified atom stereocenters. The highest BCUT2D eigenvalue weighted by atomic mass is 79.9. The van der Waals surface area contributed by atoms with E-state index in [-0.39, 0.29) is 1.43 Å². The van der Waals surface area contributed by atoms with Gasteiger partial charge in [0.2, 0.25) is 0 Å². The van der Waals surface area contributed by atoms with Gasteiger partial charge in [-0.15, -0.1) is 0 Å². The van der Waals surface area contributed by atoms with E-state index in [2.05, 4.69) is 30.5 Å². The Morgan fingerprint density at radius 3 is 2.94 bits per heavy atom. The fraction of sp³-hybridized carbons (Fsp3) is 0.500. The number of nitrogens with zero attached hydrogens (tertiary/aromatic N) is 3. The number of fused-ring (bicyclic) bond motifs is 1. The highest BCUT2D eigenvalue weighted by molar-refractivity contribution is 9.10. The highest BCUT2D eigenvalue weighted by Crippen LogP contribution is 2.33. The number of hydrogen-bond acceptors (Lipinski definition) is 2. The van der Waals surface area contributed by atoms with Crippen molar-refractivity contribution in [1.82, 2.24) is 14.5 Å². The summed E-state index contributed by atoms with van der Waals surface area (Å²) in [4.78, 5) is 8.95. The third-order valence-corrected chi connectivity index (χ3v) is 3.90. The smallest absolute Gasteiger partial charge is 0.179 e. The van der Waals surface area contributed by atoms with Crippen LogP contribution in [0, 0.1) is 0 Å². The molecule has 1 saturated carbocycles. The van der Waals surface area contributed by atoms with Gasteiger partial charge in [0.15, 0.2) is 10.4 Å². The molecule has 2 heterocycles. The van der Waals surface area contributed by atoms with Crippen molar-refractivity contribution in [2.75, 3.05) is 0 Å². The van der Waals surface area contributed by atoms with Gasteiger partial charge in [-0.05, 0) is 40.9 Å². The van der Waals surface area contributed by atoms with E-state index in [1.807, 2.05) is 18.3 Å². The lowest BCUT2D eigenvalue weighted by Crippen LogP contribution is -2.13.